The molecule has 29 heavy (non-hydrogen) atoms. The first-order valence-electron chi connectivity index (χ1n) is 9.52. The number of hydrogen-bond donors (Lipinski definition) is 0. The van der Waals surface area contributed by atoms with Crippen molar-refractivity contribution in [2.75, 3.05) is 0 Å². The molecule has 6 rings (SSSR count). The van der Waals surface area contributed by atoms with Crippen molar-refractivity contribution in [1.82, 2.24) is 14.0 Å². The zero-order valence-electron chi connectivity index (χ0n) is 15.5. The van der Waals surface area contributed by atoms with Crippen LogP contribution < -0.4 is 0 Å². The van der Waals surface area contributed by atoms with Crippen molar-refractivity contribution >= 4 is 39.2 Å². The molecule has 2 aromatic heterocycles. The molecule has 3 nitrogen and oxygen atoms in total. The third-order valence-electron chi connectivity index (χ3n) is 5.39. The second kappa shape index (κ2) is 6.23. The minimum Gasteiger partial charge on any atom is -0.283 e. The SMILES string of the molecule is Clc1cccc(-n2c(-c3ccccc3)cn3c4ccc5ccccc5c4nc23)c1. The van der Waals surface area contributed by atoms with Gasteiger partial charge in [0.05, 0.1) is 22.4 Å². The molecule has 4 heteroatoms. The Labute approximate surface area is 172 Å². The molecule has 0 fully saturated rings. The average Bonchev–Trinajstić information content (AvgIpc) is 3.31. The van der Waals surface area contributed by atoms with E-state index in [1.54, 1.807) is 0 Å². The van der Waals surface area contributed by atoms with E-state index in [2.05, 4.69) is 81.9 Å². The van der Waals surface area contributed by atoms with Crippen LogP contribution in [-0.2, 0) is 0 Å². The lowest BCUT2D eigenvalue weighted by Crippen LogP contribution is -1.97. The van der Waals surface area contributed by atoms with Crippen molar-refractivity contribution in [3.63, 3.8) is 0 Å². The molecular formula is C25H16ClN3. The number of imidazole rings is 2. The van der Waals surface area contributed by atoms with E-state index < -0.39 is 0 Å². The Balaban J connectivity index is 1.76. The Hall–Kier alpha value is -3.56. The van der Waals surface area contributed by atoms with Gasteiger partial charge in [0.2, 0.25) is 5.78 Å². The van der Waals surface area contributed by atoms with Crippen molar-refractivity contribution in [3.05, 3.63) is 102 Å². The normalized spacial score (nSPS) is 11.6. The zero-order valence-corrected chi connectivity index (χ0v) is 16.2. The van der Waals surface area contributed by atoms with Gasteiger partial charge in [-0.05, 0) is 29.7 Å². The minimum atomic E-state index is 0.704. The van der Waals surface area contributed by atoms with Crippen LogP contribution in [0, 0.1) is 0 Å². The van der Waals surface area contributed by atoms with Crippen LogP contribution in [-0.4, -0.2) is 14.0 Å². The number of nitrogens with zero attached hydrogens (tertiary/aromatic N) is 3. The average molecular weight is 394 g/mol. The number of benzene rings is 4. The van der Waals surface area contributed by atoms with Gasteiger partial charge in [0.15, 0.2) is 0 Å². The fourth-order valence-electron chi connectivity index (χ4n) is 4.07. The van der Waals surface area contributed by atoms with Gasteiger partial charge < -0.3 is 0 Å². The van der Waals surface area contributed by atoms with Crippen LogP contribution in [0.3, 0.4) is 0 Å². The summed E-state index contributed by atoms with van der Waals surface area (Å²) in [6, 6.07) is 31.0. The molecule has 4 aromatic carbocycles. The highest BCUT2D eigenvalue weighted by Gasteiger charge is 2.18. The summed E-state index contributed by atoms with van der Waals surface area (Å²) in [5, 5.41) is 3.06. The Morgan fingerprint density at radius 1 is 0.759 bits per heavy atom. The Kier molecular flexibility index (Phi) is 3.52. The molecular weight excluding hydrogens is 378 g/mol. The maximum absolute atomic E-state index is 6.33. The molecule has 138 valence electrons. The molecule has 0 aliphatic carbocycles. The summed E-state index contributed by atoms with van der Waals surface area (Å²) in [5.74, 6) is 0.873. The van der Waals surface area contributed by atoms with E-state index in [0.29, 0.717) is 5.02 Å². The van der Waals surface area contributed by atoms with Crippen LogP contribution in [0.2, 0.25) is 5.02 Å². The van der Waals surface area contributed by atoms with Crippen LogP contribution in [0.4, 0.5) is 0 Å². The third-order valence-corrected chi connectivity index (χ3v) is 5.63. The van der Waals surface area contributed by atoms with E-state index in [0.717, 1.165) is 39.1 Å². The fraction of sp³-hybridized carbons (Fsp3) is 0. The van der Waals surface area contributed by atoms with Crippen LogP contribution in [0.15, 0.2) is 97.2 Å². The van der Waals surface area contributed by atoms with E-state index in [4.69, 9.17) is 16.6 Å². The van der Waals surface area contributed by atoms with Crippen molar-refractivity contribution < 1.29 is 0 Å². The Morgan fingerprint density at radius 3 is 2.45 bits per heavy atom. The number of halogens is 1. The predicted molar refractivity (Wildman–Crippen MR) is 120 cm³/mol. The Morgan fingerprint density at radius 2 is 1.59 bits per heavy atom. The van der Waals surface area contributed by atoms with Crippen molar-refractivity contribution in [2.24, 2.45) is 0 Å². The molecule has 6 aromatic rings. The maximum atomic E-state index is 6.33. The lowest BCUT2D eigenvalue weighted by molar-refractivity contribution is 1.08. The van der Waals surface area contributed by atoms with Crippen LogP contribution in [0.1, 0.15) is 0 Å². The Bertz CT molecular complexity index is 1510. The fourth-order valence-corrected chi connectivity index (χ4v) is 4.26. The summed E-state index contributed by atoms with van der Waals surface area (Å²) < 4.78 is 4.35. The zero-order chi connectivity index (χ0) is 19.4. The quantitative estimate of drug-likeness (QED) is 0.319. The molecule has 0 saturated carbocycles. The number of fused-ring (bicyclic) bond motifs is 5. The standard InChI is InChI=1S/C25H16ClN3/c26-19-10-6-11-20(15-19)29-23(18-8-2-1-3-9-18)16-28-22-14-13-17-7-4-5-12-21(17)24(22)27-25(28)29/h1-16H. The molecule has 0 N–H and O–H groups in total. The molecule has 0 aliphatic rings. The summed E-state index contributed by atoms with van der Waals surface area (Å²) in [7, 11) is 0. The monoisotopic (exact) mass is 393 g/mol. The highest BCUT2D eigenvalue weighted by Crippen LogP contribution is 2.32. The number of aromatic nitrogens is 3. The van der Waals surface area contributed by atoms with Gasteiger partial charge in [0.25, 0.3) is 0 Å². The van der Waals surface area contributed by atoms with Crippen molar-refractivity contribution in [2.45, 2.75) is 0 Å². The molecule has 0 radical (unpaired) electrons. The van der Waals surface area contributed by atoms with Gasteiger partial charge in [-0.15, -0.1) is 0 Å². The van der Waals surface area contributed by atoms with Crippen molar-refractivity contribution in [3.8, 4) is 16.9 Å². The van der Waals surface area contributed by atoms with E-state index in [9.17, 15) is 0 Å². The van der Waals surface area contributed by atoms with E-state index in [1.807, 2.05) is 24.3 Å². The highest BCUT2D eigenvalue weighted by molar-refractivity contribution is 6.30. The maximum Gasteiger partial charge on any atom is 0.220 e. The molecule has 0 unspecified atom stereocenters. The summed E-state index contributed by atoms with van der Waals surface area (Å²) in [6.07, 6.45) is 2.16. The first-order chi connectivity index (χ1) is 14.3. The van der Waals surface area contributed by atoms with E-state index >= 15 is 0 Å². The van der Waals surface area contributed by atoms with Crippen LogP contribution in [0.25, 0.3) is 44.5 Å². The first kappa shape index (κ1) is 16.4. The van der Waals surface area contributed by atoms with Gasteiger partial charge in [0.1, 0.15) is 0 Å². The lowest BCUT2D eigenvalue weighted by atomic mass is 10.1. The van der Waals surface area contributed by atoms with Crippen LogP contribution >= 0.6 is 11.6 Å². The molecule has 0 amide bonds. The second-order valence-corrected chi connectivity index (χ2v) is 7.57. The van der Waals surface area contributed by atoms with Gasteiger partial charge >= 0.3 is 0 Å². The molecule has 0 aliphatic heterocycles. The van der Waals surface area contributed by atoms with E-state index in [1.165, 1.54) is 5.39 Å². The van der Waals surface area contributed by atoms with Gasteiger partial charge in [-0.25, -0.2) is 4.98 Å². The second-order valence-electron chi connectivity index (χ2n) is 7.13. The molecule has 2 heterocycles. The largest absolute Gasteiger partial charge is 0.283 e. The first-order valence-corrected chi connectivity index (χ1v) is 9.90. The molecule has 0 saturated heterocycles. The summed E-state index contributed by atoms with van der Waals surface area (Å²) in [4.78, 5) is 5.08. The molecule has 0 atom stereocenters. The van der Waals surface area contributed by atoms with Crippen LogP contribution in [0.5, 0.6) is 0 Å². The van der Waals surface area contributed by atoms with Gasteiger partial charge in [0, 0.05) is 22.2 Å². The lowest BCUT2D eigenvalue weighted by Gasteiger charge is -2.09. The minimum absolute atomic E-state index is 0.704. The number of hydrogen-bond acceptors (Lipinski definition) is 1. The summed E-state index contributed by atoms with van der Waals surface area (Å²) in [5.41, 5.74) is 5.30. The smallest absolute Gasteiger partial charge is 0.220 e. The highest BCUT2D eigenvalue weighted by atomic mass is 35.5. The van der Waals surface area contributed by atoms with Gasteiger partial charge in [-0.3, -0.25) is 8.97 Å². The molecule has 0 bridgehead atoms. The van der Waals surface area contributed by atoms with Crippen molar-refractivity contribution in [1.29, 1.82) is 0 Å². The summed E-state index contributed by atoms with van der Waals surface area (Å²) in [6.45, 7) is 0. The van der Waals surface area contributed by atoms with Gasteiger partial charge in [-0.1, -0.05) is 78.3 Å². The van der Waals surface area contributed by atoms with Gasteiger partial charge in [-0.2, -0.15) is 0 Å². The number of rotatable bonds is 2. The predicted octanol–water partition coefficient (Wildman–Crippen LogP) is 6.75. The van der Waals surface area contributed by atoms with E-state index in [-0.39, 0.29) is 0 Å². The molecule has 0 spiro atoms. The topological polar surface area (TPSA) is 22.2 Å². The third kappa shape index (κ3) is 2.48. The summed E-state index contributed by atoms with van der Waals surface area (Å²) >= 11 is 6.33.